The lowest BCUT2D eigenvalue weighted by molar-refractivity contribution is 0.122. The molecule has 0 amide bonds. The first-order valence-corrected chi connectivity index (χ1v) is 8.99. The lowest BCUT2D eigenvalue weighted by Crippen LogP contribution is -2.36. The molecule has 1 saturated heterocycles. The summed E-state index contributed by atoms with van der Waals surface area (Å²) < 4.78 is 19.9. The molecule has 0 atom stereocenters. The van der Waals surface area contributed by atoms with E-state index >= 15 is 0 Å². The highest BCUT2D eigenvalue weighted by Gasteiger charge is 2.15. The van der Waals surface area contributed by atoms with Crippen molar-refractivity contribution >= 4 is 28.1 Å². The number of aromatic nitrogens is 1. The van der Waals surface area contributed by atoms with Gasteiger partial charge in [0, 0.05) is 24.0 Å². The second-order valence-corrected chi connectivity index (χ2v) is 6.46. The molecule has 6 heteroatoms. The van der Waals surface area contributed by atoms with E-state index in [-0.39, 0.29) is 5.82 Å². The molecule has 1 N–H and O–H groups in total. The minimum Gasteiger partial charge on any atom is -0.378 e. The van der Waals surface area contributed by atoms with Crippen molar-refractivity contribution in [3.05, 3.63) is 66.0 Å². The lowest BCUT2D eigenvalue weighted by atomic mass is 10.1. The van der Waals surface area contributed by atoms with Gasteiger partial charge in [0.05, 0.1) is 30.1 Å². The minimum atomic E-state index is -0.243. The average Bonchev–Trinajstić information content (AvgIpc) is 2.72. The van der Waals surface area contributed by atoms with Crippen LogP contribution in [0.4, 0.5) is 15.9 Å². The fourth-order valence-corrected chi connectivity index (χ4v) is 3.13. The van der Waals surface area contributed by atoms with Gasteiger partial charge in [-0.1, -0.05) is 24.3 Å². The van der Waals surface area contributed by atoms with Gasteiger partial charge in [0.25, 0.3) is 0 Å². The fraction of sp³-hybridized carbons (Fsp3) is 0.238. The zero-order valence-electron chi connectivity index (χ0n) is 15.2. The molecule has 3 aromatic rings. The topological polar surface area (TPSA) is 49.8 Å². The Morgan fingerprint density at radius 2 is 1.93 bits per heavy atom. The van der Waals surface area contributed by atoms with Crippen LogP contribution in [0.5, 0.6) is 0 Å². The number of fused-ring (bicyclic) bond motifs is 1. The predicted octanol–water partition coefficient (Wildman–Crippen LogP) is 4.05. The normalized spacial score (nSPS) is 15.2. The van der Waals surface area contributed by atoms with Gasteiger partial charge in [0.15, 0.2) is 0 Å². The van der Waals surface area contributed by atoms with Crippen LogP contribution in [0, 0.1) is 5.82 Å². The lowest BCUT2D eigenvalue weighted by Gasteiger charge is -2.29. The number of nitrogens with zero attached hydrogens (tertiary/aromatic N) is 3. The van der Waals surface area contributed by atoms with E-state index in [1.54, 1.807) is 0 Å². The van der Waals surface area contributed by atoms with Crippen molar-refractivity contribution in [3.63, 3.8) is 0 Å². The fourth-order valence-electron chi connectivity index (χ4n) is 3.13. The number of anilines is 2. The zero-order chi connectivity index (χ0) is 18.6. The van der Waals surface area contributed by atoms with Gasteiger partial charge in [0.1, 0.15) is 11.6 Å². The van der Waals surface area contributed by atoms with Gasteiger partial charge < -0.3 is 9.64 Å². The summed E-state index contributed by atoms with van der Waals surface area (Å²) in [6.07, 6.45) is 0. The molecule has 1 aromatic heterocycles. The van der Waals surface area contributed by atoms with E-state index in [4.69, 9.17) is 4.74 Å². The van der Waals surface area contributed by atoms with Crippen molar-refractivity contribution in [2.24, 2.45) is 5.10 Å². The summed E-state index contributed by atoms with van der Waals surface area (Å²) >= 11 is 0. The summed E-state index contributed by atoms with van der Waals surface area (Å²) in [6.45, 7) is 4.52. The van der Waals surface area contributed by atoms with E-state index in [0.717, 1.165) is 16.5 Å². The number of halogens is 1. The second kappa shape index (κ2) is 7.72. The average molecular weight is 364 g/mol. The van der Waals surface area contributed by atoms with Crippen LogP contribution in [-0.2, 0) is 4.74 Å². The summed E-state index contributed by atoms with van der Waals surface area (Å²) in [5, 5.41) is 5.43. The van der Waals surface area contributed by atoms with Crippen LogP contribution >= 0.6 is 0 Å². The van der Waals surface area contributed by atoms with Crippen LogP contribution in [0.2, 0.25) is 0 Å². The molecule has 0 radical (unpaired) electrons. The maximum atomic E-state index is 14.6. The largest absolute Gasteiger partial charge is 0.378 e. The van der Waals surface area contributed by atoms with Crippen molar-refractivity contribution in [3.8, 4) is 0 Å². The Balaban J connectivity index is 1.50. The summed E-state index contributed by atoms with van der Waals surface area (Å²) in [6, 6.07) is 17.0. The molecular weight excluding hydrogens is 343 g/mol. The number of pyridine rings is 1. The van der Waals surface area contributed by atoms with E-state index in [1.807, 2.05) is 60.4 Å². The molecular formula is C21H21FN4O. The van der Waals surface area contributed by atoms with E-state index in [9.17, 15) is 4.39 Å². The number of para-hydroxylation sites is 1. The third-order valence-electron chi connectivity index (χ3n) is 4.65. The highest BCUT2D eigenvalue weighted by Crippen LogP contribution is 2.22. The molecule has 4 rings (SSSR count). The van der Waals surface area contributed by atoms with Gasteiger partial charge in [-0.25, -0.2) is 9.37 Å². The van der Waals surface area contributed by atoms with Gasteiger partial charge >= 0.3 is 0 Å². The molecule has 27 heavy (non-hydrogen) atoms. The zero-order valence-corrected chi connectivity index (χ0v) is 15.2. The van der Waals surface area contributed by atoms with E-state index in [0.29, 0.717) is 43.5 Å². The van der Waals surface area contributed by atoms with Gasteiger partial charge in [-0.3, -0.25) is 5.43 Å². The van der Waals surface area contributed by atoms with E-state index in [1.165, 1.54) is 6.07 Å². The molecule has 0 saturated carbocycles. The number of hydrogen-bond donors (Lipinski definition) is 1. The van der Waals surface area contributed by atoms with Crippen molar-refractivity contribution in [1.82, 2.24) is 4.98 Å². The molecule has 0 bridgehead atoms. The highest BCUT2D eigenvalue weighted by molar-refractivity contribution is 5.99. The van der Waals surface area contributed by atoms with Crippen molar-refractivity contribution in [1.29, 1.82) is 0 Å². The first-order valence-electron chi connectivity index (χ1n) is 8.99. The number of hydrogen-bond acceptors (Lipinski definition) is 5. The number of nitrogens with one attached hydrogen (secondary N) is 1. The molecule has 2 heterocycles. The number of benzene rings is 2. The summed E-state index contributed by atoms with van der Waals surface area (Å²) in [4.78, 5) is 6.53. The Morgan fingerprint density at radius 3 is 2.74 bits per heavy atom. The summed E-state index contributed by atoms with van der Waals surface area (Å²) in [5.74, 6) is 0.409. The maximum Gasteiger partial charge on any atom is 0.147 e. The van der Waals surface area contributed by atoms with E-state index in [2.05, 4.69) is 15.5 Å². The molecule has 138 valence electrons. The molecule has 0 unspecified atom stereocenters. The van der Waals surface area contributed by atoms with Crippen molar-refractivity contribution in [2.45, 2.75) is 6.92 Å². The number of rotatable bonds is 4. The molecule has 5 nitrogen and oxygen atoms in total. The van der Waals surface area contributed by atoms with Crippen LogP contribution in [0.1, 0.15) is 12.5 Å². The minimum absolute atomic E-state index is 0.243. The third-order valence-corrected chi connectivity index (χ3v) is 4.65. The Morgan fingerprint density at radius 1 is 1.11 bits per heavy atom. The predicted molar refractivity (Wildman–Crippen MR) is 107 cm³/mol. The standard InChI is InChI=1S/C21H21FN4O/c1-15(24-25-21-9-7-16-4-2-3-5-19(16)23-21)17-6-8-20(18(22)14-17)26-10-12-27-13-11-26/h2-9,14H,10-13H2,1H3,(H,23,25)/b24-15+. The van der Waals surface area contributed by atoms with Crippen LogP contribution in [0.25, 0.3) is 10.9 Å². The number of ether oxygens (including phenoxy) is 1. The first-order chi connectivity index (χ1) is 13.2. The Hall–Kier alpha value is -2.99. The molecule has 1 aliphatic heterocycles. The van der Waals surface area contributed by atoms with Gasteiger partial charge in [-0.15, -0.1) is 0 Å². The molecule has 0 aliphatic carbocycles. The van der Waals surface area contributed by atoms with Gasteiger partial charge in [-0.05, 0) is 37.3 Å². The van der Waals surface area contributed by atoms with Crippen LogP contribution < -0.4 is 10.3 Å². The second-order valence-electron chi connectivity index (χ2n) is 6.46. The Bertz CT molecular complexity index is 983. The quantitative estimate of drug-likeness (QED) is 0.561. The first kappa shape index (κ1) is 17.4. The maximum absolute atomic E-state index is 14.6. The van der Waals surface area contributed by atoms with Crippen LogP contribution in [0.3, 0.4) is 0 Å². The van der Waals surface area contributed by atoms with E-state index < -0.39 is 0 Å². The van der Waals surface area contributed by atoms with Crippen LogP contribution in [-0.4, -0.2) is 37.0 Å². The number of hydrazone groups is 1. The van der Waals surface area contributed by atoms with Crippen molar-refractivity contribution < 1.29 is 9.13 Å². The Kier molecular flexibility index (Phi) is 4.98. The van der Waals surface area contributed by atoms with Gasteiger partial charge in [-0.2, -0.15) is 5.10 Å². The summed E-state index contributed by atoms with van der Waals surface area (Å²) in [5.41, 5.74) is 5.90. The third kappa shape index (κ3) is 3.90. The smallest absolute Gasteiger partial charge is 0.147 e. The van der Waals surface area contributed by atoms with Gasteiger partial charge in [0.2, 0.25) is 0 Å². The molecule has 1 fully saturated rings. The molecule has 2 aromatic carbocycles. The molecule has 0 spiro atoms. The van der Waals surface area contributed by atoms with Crippen molar-refractivity contribution in [2.75, 3.05) is 36.6 Å². The SMILES string of the molecule is C/C(=N\Nc1ccc2ccccc2n1)c1ccc(N2CCOCC2)c(F)c1. The van der Waals surface area contributed by atoms with Crippen LogP contribution in [0.15, 0.2) is 59.7 Å². The summed E-state index contributed by atoms with van der Waals surface area (Å²) in [7, 11) is 0. The monoisotopic (exact) mass is 364 g/mol. The molecule has 1 aliphatic rings. The number of morpholine rings is 1. The Labute approximate surface area is 157 Å². The highest BCUT2D eigenvalue weighted by atomic mass is 19.1.